The van der Waals surface area contributed by atoms with Crippen molar-refractivity contribution in [1.82, 2.24) is 24.5 Å². The topological polar surface area (TPSA) is 87.9 Å². The highest BCUT2D eigenvalue weighted by molar-refractivity contribution is 5.78. The zero-order valence-corrected chi connectivity index (χ0v) is 14.5. The molecule has 130 valence electrons. The molecule has 0 saturated carbocycles. The van der Waals surface area contributed by atoms with E-state index in [9.17, 15) is 0 Å². The van der Waals surface area contributed by atoms with Crippen LogP contribution in [0.3, 0.4) is 0 Å². The highest BCUT2D eigenvalue weighted by Gasteiger charge is 2.23. The van der Waals surface area contributed by atoms with Gasteiger partial charge in [0.25, 0.3) is 0 Å². The summed E-state index contributed by atoms with van der Waals surface area (Å²) < 4.78 is 1.91. The largest absolute Gasteiger partial charge is 0.370 e. The highest BCUT2D eigenvalue weighted by atomic mass is 15.3. The molecule has 2 N–H and O–H groups in total. The fourth-order valence-electron chi connectivity index (χ4n) is 3.25. The van der Waals surface area contributed by atoms with E-state index in [1.54, 1.807) is 12.5 Å². The zero-order valence-electron chi connectivity index (χ0n) is 14.5. The molecule has 1 saturated heterocycles. The Morgan fingerprint density at radius 3 is 3.04 bits per heavy atom. The van der Waals surface area contributed by atoms with E-state index in [0.29, 0.717) is 11.9 Å². The van der Waals surface area contributed by atoms with E-state index < -0.39 is 0 Å². The number of nitrogens with two attached hydrogens (primary N) is 1. The number of piperidine rings is 1. The summed E-state index contributed by atoms with van der Waals surface area (Å²) in [6.07, 6.45) is 7.67. The number of rotatable bonds is 5. The fraction of sp³-hybridized carbons (Fsp3) is 0.625. The van der Waals surface area contributed by atoms with E-state index in [2.05, 4.69) is 43.8 Å². The van der Waals surface area contributed by atoms with Crippen molar-refractivity contribution in [2.24, 2.45) is 16.6 Å². The third-order valence-electron chi connectivity index (χ3n) is 4.61. The average Bonchev–Trinajstić information content (AvgIpc) is 3.10. The number of anilines is 1. The third-order valence-corrected chi connectivity index (χ3v) is 4.61. The second-order valence-electron chi connectivity index (χ2n) is 6.14. The third kappa shape index (κ3) is 3.42. The molecule has 8 heteroatoms. The van der Waals surface area contributed by atoms with Gasteiger partial charge in [-0.15, -0.1) is 10.2 Å². The standard InChI is InChI=1S/C16H26N8/c1-3-22(4-2)16(17)19-10-13-6-5-8-23(11-13)14-15-21-20-12-24(15)9-7-18-14/h7,9,12-13H,3-6,8,10-11H2,1-2H3,(H2,17,19). The van der Waals surface area contributed by atoms with Gasteiger partial charge in [-0.3, -0.25) is 9.39 Å². The van der Waals surface area contributed by atoms with E-state index in [1.165, 1.54) is 6.42 Å². The highest BCUT2D eigenvalue weighted by Crippen LogP contribution is 2.24. The minimum atomic E-state index is 0.484. The van der Waals surface area contributed by atoms with Gasteiger partial charge in [-0.1, -0.05) is 0 Å². The second-order valence-corrected chi connectivity index (χ2v) is 6.14. The minimum absolute atomic E-state index is 0.484. The predicted octanol–water partition coefficient (Wildman–Crippen LogP) is 0.997. The lowest BCUT2D eigenvalue weighted by Crippen LogP contribution is -2.40. The monoisotopic (exact) mass is 330 g/mol. The van der Waals surface area contributed by atoms with Gasteiger partial charge in [0.2, 0.25) is 5.65 Å². The molecule has 1 fully saturated rings. The molecule has 1 atom stereocenters. The van der Waals surface area contributed by atoms with Gasteiger partial charge < -0.3 is 15.5 Å². The lowest BCUT2D eigenvalue weighted by atomic mass is 9.98. The zero-order chi connectivity index (χ0) is 16.9. The molecule has 0 aliphatic carbocycles. The van der Waals surface area contributed by atoms with E-state index in [0.717, 1.165) is 50.6 Å². The predicted molar refractivity (Wildman–Crippen MR) is 95.1 cm³/mol. The van der Waals surface area contributed by atoms with Crippen molar-refractivity contribution in [3.05, 3.63) is 18.7 Å². The Labute approximate surface area is 142 Å². The molecular weight excluding hydrogens is 304 g/mol. The molecular formula is C16H26N8. The van der Waals surface area contributed by atoms with Gasteiger partial charge in [0.05, 0.1) is 0 Å². The summed E-state index contributed by atoms with van der Waals surface area (Å²) >= 11 is 0. The van der Waals surface area contributed by atoms with Gasteiger partial charge in [-0.25, -0.2) is 4.98 Å². The SMILES string of the molecule is CCN(CC)C(N)=NCC1CCCN(c2nccn3cnnc23)C1. The molecule has 1 unspecified atom stereocenters. The molecule has 0 aromatic carbocycles. The average molecular weight is 330 g/mol. The van der Waals surface area contributed by atoms with Crippen LogP contribution in [0.25, 0.3) is 5.65 Å². The first-order chi connectivity index (χ1) is 11.7. The first-order valence-electron chi connectivity index (χ1n) is 8.67. The summed E-state index contributed by atoms with van der Waals surface area (Å²) in [5.74, 6) is 2.04. The maximum atomic E-state index is 6.09. The molecule has 3 heterocycles. The van der Waals surface area contributed by atoms with Crippen molar-refractivity contribution in [1.29, 1.82) is 0 Å². The smallest absolute Gasteiger partial charge is 0.203 e. The fourth-order valence-corrected chi connectivity index (χ4v) is 3.25. The molecule has 2 aromatic rings. The van der Waals surface area contributed by atoms with Crippen LogP contribution in [0.1, 0.15) is 26.7 Å². The maximum absolute atomic E-state index is 6.09. The summed E-state index contributed by atoms with van der Waals surface area (Å²) in [5.41, 5.74) is 6.90. The minimum Gasteiger partial charge on any atom is -0.370 e. The summed E-state index contributed by atoms with van der Waals surface area (Å²) in [7, 11) is 0. The van der Waals surface area contributed by atoms with E-state index in [-0.39, 0.29) is 0 Å². The molecule has 0 bridgehead atoms. The van der Waals surface area contributed by atoms with Crippen LogP contribution in [-0.2, 0) is 0 Å². The Bertz CT molecular complexity index is 690. The Balaban J connectivity index is 1.69. The summed E-state index contributed by atoms with van der Waals surface area (Å²) in [5, 5.41) is 8.17. The molecule has 8 nitrogen and oxygen atoms in total. The summed E-state index contributed by atoms with van der Waals surface area (Å²) in [6, 6.07) is 0. The number of aliphatic imine (C=N–C) groups is 1. The molecule has 3 rings (SSSR count). The number of hydrogen-bond acceptors (Lipinski definition) is 5. The van der Waals surface area contributed by atoms with Crippen molar-refractivity contribution in [3.63, 3.8) is 0 Å². The van der Waals surface area contributed by atoms with Crippen LogP contribution in [0, 0.1) is 5.92 Å². The van der Waals surface area contributed by atoms with E-state index in [4.69, 9.17) is 5.73 Å². The van der Waals surface area contributed by atoms with Crippen LogP contribution in [-0.4, -0.2) is 63.2 Å². The van der Waals surface area contributed by atoms with Crippen LogP contribution in [0.2, 0.25) is 0 Å². The van der Waals surface area contributed by atoms with Crippen molar-refractivity contribution in [3.8, 4) is 0 Å². The quantitative estimate of drug-likeness (QED) is 0.650. The van der Waals surface area contributed by atoms with Crippen LogP contribution < -0.4 is 10.6 Å². The Morgan fingerprint density at radius 1 is 1.42 bits per heavy atom. The van der Waals surface area contributed by atoms with Gasteiger partial charge >= 0.3 is 0 Å². The van der Waals surface area contributed by atoms with Crippen LogP contribution in [0.4, 0.5) is 5.82 Å². The summed E-state index contributed by atoms with van der Waals surface area (Å²) in [4.78, 5) is 13.5. The lowest BCUT2D eigenvalue weighted by Gasteiger charge is -2.33. The first kappa shape index (κ1) is 16.5. The van der Waals surface area contributed by atoms with Crippen molar-refractivity contribution >= 4 is 17.4 Å². The van der Waals surface area contributed by atoms with Gasteiger partial charge in [-0.05, 0) is 32.6 Å². The number of aromatic nitrogens is 4. The molecule has 24 heavy (non-hydrogen) atoms. The number of guanidine groups is 1. The van der Waals surface area contributed by atoms with Gasteiger partial charge in [0, 0.05) is 45.1 Å². The maximum Gasteiger partial charge on any atom is 0.203 e. The first-order valence-corrected chi connectivity index (χ1v) is 8.67. The van der Waals surface area contributed by atoms with E-state index in [1.807, 2.05) is 10.6 Å². The van der Waals surface area contributed by atoms with Crippen LogP contribution in [0.15, 0.2) is 23.7 Å². The van der Waals surface area contributed by atoms with Crippen molar-refractivity contribution in [2.75, 3.05) is 37.6 Å². The number of hydrogen-bond donors (Lipinski definition) is 1. The van der Waals surface area contributed by atoms with E-state index >= 15 is 0 Å². The molecule has 0 amide bonds. The normalized spacial score (nSPS) is 19.0. The Morgan fingerprint density at radius 2 is 2.25 bits per heavy atom. The summed E-state index contributed by atoms with van der Waals surface area (Å²) in [6.45, 7) is 8.65. The van der Waals surface area contributed by atoms with Crippen LogP contribution >= 0.6 is 0 Å². The van der Waals surface area contributed by atoms with Crippen molar-refractivity contribution in [2.45, 2.75) is 26.7 Å². The molecule has 0 radical (unpaired) electrons. The Hall–Kier alpha value is -2.38. The molecule has 1 aliphatic rings. The molecule has 0 spiro atoms. The molecule has 2 aromatic heterocycles. The lowest BCUT2D eigenvalue weighted by molar-refractivity contribution is 0.414. The van der Waals surface area contributed by atoms with Gasteiger partial charge in [-0.2, -0.15) is 0 Å². The van der Waals surface area contributed by atoms with Gasteiger partial charge in [0.15, 0.2) is 11.8 Å². The number of fused-ring (bicyclic) bond motifs is 1. The molecule has 1 aliphatic heterocycles. The van der Waals surface area contributed by atoms with Gasteiger partial charge in [0.1, 0.15) is 6.33 Å². The second kappa shape index (κ2) is 7.46. The number of nitrogens with zero attached hydrogens (tertiary/aromatic N) is 7. The van der Waals surface area contributed by atoms with Crippen LogP contribution in [0.5, 0.6) is 0 Å². The van der Waals surface area contributed by atoms with Crippen molar-refractivity contribution < 1.29 is 0 Å². The Kier molecular flexibility index (Phi) is 5.12.